The molecule has 0 spiro atoms. The maximum atomic E-state index is 12.6. The summed E-state index contributed by atoms with van der Waals surface area (Å²) in [6, 6.07) is 1.92. The third-order valence-electron chi connectivity index (χ3n) is 4.80. The van der Waals surface area contributed by atoms with Gasteiger partial charge < -0.3 is 9.42 Å². The number of piperazine rings is 1. The van der Waals surface area contributed by atoms with Gasteiger partial charge in [0.25, 0.3) is 5.56 Å². The van der Waals surface area contributed by atoms with Crippen molar-refractivity contribution in [2.75, 3.05) is 26.2 Å². The van der Waals surface area contributed by atoms with E-state index in [-0.39, 0.29) is 18.0 Å². The molecule has 10 heteroatoms. The normalized spacial score (nSPS) is 15.6. The summed E-state index contributed by atoms with van der Waals surface area (Å²) in [7, 11) is 1.73. The molecule has 4 rings (SSSR count). The highest BCUT2D eigenvalue weighted by Crippen LogP contribution is 2.10. The van der Waals surface area contributed by atoms with Crippen molar-refractivity contribution in [2.45, 2.75) is 20.0 Å². The van der Waals surface area contributed by atoms with Gasteiger partial charge in [0.05, 0.1) is 18.4 Å². The third-order valence-corrected chi connectivity index (χ3v) is 4.80. The molecule has 10 nitrogen and oxygen atoms in total. The summed E-state index contributed by atoms with van der Waals surface area (Å²) < 4.78 is 8.13. The molecular formula is C17H21N7O3. The van der Waals surface area contributed by atoms with Crippen LogP contribution < -0.4 is 5.56 Å². The van der Waals surface area contributed by atoms with Crippen LogP contribution in [-0.2, 0) is 24.9 Å². The molecule has 0 radical (unpaired) electrons. The summed E-state index contributed by atoms with van der Waals surface area (Å²) in [4.78, 5) is 33.3. The largest absolute Gasteiger partial charge is 0.360 e. The van der Waals surface area contributed by atoms with E-state index in [0.29, 0.717) is 30.7 Å². The van der Waals surface area contributed by atoms with E-state index in [1.807, 2.05) is 13.0 Å². The number of hydrogen-bond donors (Lipinski definition) is 0. The fraction of sp³-hybridized carbons (Fsp3) is 0.471. The lowest BCUT2D eigenvalue weighted by molar-refractivity contribution is -0.133. The van der Waals surface area contributed by atoms with Gasteiger partial charge in [-0.25, -0.2) is 4.98 Å². The molecule has 3 aromatic rings. The zero-order chi connectivity index (χ0) is 19.0. The topological polar surface area (TPSA) is 102 Å². The second-order valence-corrected chi connectivity index (χ2v) is 6.77. The molecule has 27 heavy (non-hydrogen) atoms. The first kappa shape index (κ1) is 17.4. The number of amides is 1. The first-order valence-corrected chi connectivity index (χ1v) is 8.81. The molecule has 0 saturated carbocycles. The molecule has 0 aromatic carbocycles. The van der Waals surface area contributed by atoms with E-state index in [9.17, 15) is 9.59 Å². The van der Waals surface area contributed by atoms with Crippen molar-refractivity contribution in [1.29, 1.82) is 0 Å². The van der Waals surface area contributed by atoms with Crippen LogP contribution in [0.3, 0.4) is 0 Å². The van der Waals surface area contributed by atoms with E-state index in [4.69, 9.17) is 4.52 Å². The summed E-state index contributed by atoms with van der Waals surface area (Å²) in [5.74, 6) is 0.743. The first-order valence-electron chi connectivity index (χ1n) is 8.81. The molecule has 0 unspecified atom stereocenters. The van der Waals surface area contributed by atoms with Crippen LogP contribution in [-0.4, -0.2) is 66.4 Å². The van der Waals surface area contributed by atoms with Gasteiger partial charge in [-0.3, -0.25) is 23.7 Å². The molecule has 142 valence electrons. The van der Waals surface area contributed by atoms with Gasteiger partial charge >= 0.3 is 0 Å². The van der Waals surface area contributed by atoms with E-state index in [1.54, 1.807) is 11.9 Å². The number of carbonyl (C=O) groups excluding carboxylic acids is 1. The molecule has 1 fully saturated rings. The zero-order valence-corrected chi connectivity index (χ0v) is 15.3. The molecule has 4 heterocycles. The van der Waals surface area contributed by atoms with Gasteiger partial charge in [0, 0.05) is 39.3 Å². The Morgan fingerprint density at radius 2 is 2.04 bits per heavy atom. The predicted molar refractivity (Wildman–Crippen MR) is 95.9 cm³/mol. The fourth-order valence-corrected chi connectivity index (χ4v) is 3.29. The molecule has 0 N–H and O–H groups in total. The molecule has 1 aliphatic rings. The molecule has 1 aliphatic heterocycles. The maximum absolute atomic E-state index is 12.6. The minimum Gasteiger partial charge on any atom is -0.360 e. The lowest BCUT2D eigenvalue weighted by atomic mass is 10.2. The second kappa shape index (κ2) is 6.95. The average molecular weight is 371 g/mol. The highest BCUT2D eigenvalue weighted by Gasteiger charge is 2.22. The SMILES string of the molecule is Cc1cc(CN2CCN(C(=O)Cn3cnc4c(cnn4C)c3=O)CC2)on1. The van der Waals surface area contributed by atoms with Gasteiger partial charge in [0.1, 0.15) is 18.3 Å². The summed E-state index contributed by atoms with van der Waals surface area (Å²) in [6.07, 6.45) is 2.89. The molecule has 1 saturated heterocycles. The van der Waals surface area contributed by atoms with Gasteiger partial charge in [-0.05, 0) is 6.92 Å². The smallest absolute Gasteiger partial charge is 0.264 e. The van der Waals surface area contributed by atoms with Crippen LogP contribution in [0.25, 0.3) is 11.0 Å². The first-order chi connectivity index (χ1) is 13.0. The van der Waals surface area contributed by atoms with Gasteiger partial charge in [-0.2, -0.15) is 5.10 Å². The van der Waals surface area contributed by atoms with Crippen LogP contribution in [0.1, 0.15) is 11.5 Å². The van der Waals surface area contributed by atoms with Crippen molar-refractivity contribution in [1.82, 2.24) is 34.3 Å². The third kappa shape index (κ3) is 3.47. The Balaban J connectivity index is 1.37. The molecule has 3 aromatic heterocycles. The number of fused-ring (bicyclic) bond motifs is 1. The van der Waals surface area contributed by atoms with Crippen molar-refractivity contribution in [2.24, 2.45) is 7.05 Å². The number of nitrogens with zero attached hydrogens (tertiary/aromatic N) is 7. The van der Waals surface area contributed by atoms with Crippen molar-refractivity contribution >= 4 is 16.9 Å². The zero-order valence-electron chi connectivity index (χ0n) is 15.3. The average Bonchev–Trinajstić information content (AvgIpc) is 3.24. The lowest BCUT2D eigenvalue weighted by Crippen LogP contribution is -2.49. The van der Waals surface area contributed by atoms with Crippen LogP contribution in [0.4, 0.5) is 0 Å². The number of rotatable bonds is 4. The second-order valence-electron chi connectivity index (χ2n) is 6.77. The molecular weight excluding hydrogens is 350 g/mol. The monoisotopic (exact) mass is 371 g/mol. The Morgan fingerprint density at radius 3 is 2.74 bits per heavy atom. The van der Waals surface area contributed by atoms with E-state index < -0.39 is 0 Å². The van der Waals surface area contributed by atoms with Gasteiger partial charge in [0.2, 0.25) is 5.91 Å². The highest BCUT2D eigenvalue weighted by molar-refractivity contribution is 5.77. The van der Waals surface area contributed by atoms with Crippen LogP contribution in [0.5, 0.6) is 0 Å². The number of hydrogen-bond acceptors (Lipinski definition) is 7. The van der Waals surface area contributed by atoms with Crippen LogP contribution in [0.15, 0.2) is 27.9 Å². The number of carbonyl (C=O) groups is 1. The molecule has 0 bridgehead atoms. The predicted octanol–water partition coefficient (Wildman–Crippen LogP) is -0.229. The van der Waals surface area contributed by atoms with Crippen molar-refractivity contribution in [3.05, 3.63) is 40.4 Å². The fourth-order valence-electron chi connectivity index (χ4n) is 3.29. The van der Waals surface area contributed by atoms with E-state index in [1.165, 1.54) is 21.8 Å². The quantitative estimate of drug-likeness (QED) is 0.624. The van der Waals surface area contributed by atoms with Crippen LogP contribution in [0, 0.1) is 6.92 Å². The van der Waals surface area contributed by atoms with Crippen LogP contribution >= 0.6 is 0 Å². The minimum absolute atomic E-state index is 0.0159. The van der Waals surface area contributed by atoms with E-state index >= 15 is 0 Å². The van der Waals surface area contributed by atoms with Crippen molar-refractivity contribution < 1.29 is 9.32 Å². The van der Waals surface area contributed by atoms with Crippen molar-refractivity contribution in [3.8, 4) is 0 Å². The Labute approximate surface area is 155 Å². The molecule has 0 aliphatic carbocycles. The van der Waals surface area contributed by atoms with Gasteiger partial charge in [0.15, 0.2) is 11.4 Å². The number of aryl methyl sites for hydroxylation is 2. The Bertz CT molecular complexity index is 1030. The Kier molecular flexibility index (Phi) is 4.48. The maximum Gasteiger partial charge on any atom is 0.264 e. The summed E-state index contributed by atoms with van der Waals surface area (Å²) in [5, 5.41) is 8.35. The van der Waals surface area contributed by atoms with Gasteiger partial charge in [-0.15, -0.1) is 0 Å². The summed E-state index contributed by atoms with van der Waals surface area (Å²) >= 11 is 0. The lowest BCUT2D eigenvalue weighted by Gasteiger charge is -2.34. The highest BCUT2D eigenvalue weighted by atomic mass is 16.5. The summed E-state index contributed by atoms with van der Waals surface area (Å²) in [6.45, 7) is 5.29. The Hall–Kier alpha value is -3.01. The molecule has 0 atom stereocenters. The standard InChI is InChI=1S/C17H21N7O3/c1-12-7-13(27-20-12)9-22-3-5-23(6-4-22)15(25)10-24-11-18-16-14(17(24)26)8-19-21(16)2/h7-8,11H,3-6,9-10H2,1-2H3. The number of aromatic nitrogens is 5. The van der Waals surface area contributed by atoms with Crippen molar-refractivity contribution in [3.63, 3.8) is 0 Å². The van der Waals surface area contributed by atoms with Gasteiger partial charge in [-0.1, -0.05) is 5.16 Å². The Morgan fingerprint density at radius 1 is 1.26 bits per heavy atom. The summed E-state index contributed by atoms with van der Waals surface area (Å²) in [5.41, 5.74) is 1.13. The minimum atomic E-state index is -0.249. The van der Waals surface area contributed by atoms with Crippen LogP contribution in [0.2, 0.25) is 0 Å². The molecule has 1 amide bonds. The van der Waals surface area contributed by atoms with E-state index in [2.05, 4.69) is 20.1 Å². The van der Waals surface area contributed by atoms with E-state index in [0.717, 1.165) is 24.5 Å².